The maximum Gasteiger partial charge on any atom is 0.337 e. The SMILES string of the molecule is CC1(Oc2ccc(Nc3ccccn3)cc2)NC=CC=C1C(=O)O. The summed E-state index contributed by atoms with van der Waals surface area (Å²) >= 11 is 0. The number of benzene rings is 1. The van der Waals surface area contributed by atoms with Crippen molar-refractivity contribution in [1.29, 1.82) is 0 Å². The number of nitrogens with zero attached hydrogens (tertiary/aromatic N) is 1. The molecule has 0 bridgehead atoms. The Morgan fingerprint density at radius 1 is 1.25 bits per heavy atom. The number of ether oxygens (including phenoxy) is 1. The van der Waals surface area contributed by atoms with Crippen LogP contribution in [-0.2, 0) is 4.79 Å². The molecule has 24 heavy (non-hydrogen) atoms. The maximum atomic E-state index is 11.4. The number of aromatic nitrogens is 1. The van der Waals surface area contributed by atoms with Crippen LogP contribution >= 0.6 is 0 Å². The largest absolute Gasteiger partial charge is 0.478 e. The van der Waals surface area contributed by atoms with Gasteiger partial charge in [-0.1, -0.05) is 6.07 Å². The second-order valence-corrected chi connectivity index (χ2v) is 5.39. The summed E-state index contributed by atoms with van der Waals surface area (Å²) in [6, 6.07) is 12.9. The predicted octanol–water partition coefficient (Wildman–Crippen LogP) is 3.05. The van der Waals surface area contributed by atoms with E-state index in [1.165, 1.54) is 6.08 Å². The third kappa shape index (κ3) is 3.38. The molecular weight excluding hydrogens is 306 g/mol. The summed E-state index contributed by atoms with van der Waals surface area (Å²) in [6.45, 7) is 1.68. The van der Waals surface area contributed by atoms with Gasteiger partial charge in [-0.05, 0) is 55.5 Å². The van der Waals surface area contributed by atoms with E-state index in [0.29, 0.717) is 5.75 Å². The molecule has 6 nitrogen and oxygen atoms in total. The van der Waals surface area contributed by atoms with Gasteiger partial charge in [-0.2, -0.15) is 0 Å². The number of carboxylic acids is 1. The fraction of sp³-hybridized carbons (Fsp3) is 0.111. The molecule has 1 aromatic heterocycles. The Kier molecular flexibility index (Phi) is 4.20. The number of carboxylic acid groups (broad SMARTS) is 1. The first kappa shape index (κ1) is 15.6. The quantitative estimate of drug-likeness (QED) is 0.784. The van der Waals surface area contributed by atoms with Crippen LogP contribution in [0.15, 0.2) is 72.6 Å². The third-order valence-corrected chi connectivity index (χ3v) is 3.58. The van der Waals surface area contributed by atoms with Crippen LogP contribution in [0.25, 0.3) is 0 Å². The predicted molar refractivity (Wildman–Crippen MR) is 91.0 cm³/mol. The Bertz CT molecular complexity index is 785. The molecule has 0 aliphatic carbocycles. The number of hydrogen-bond donors (Lipinski definition) is 3. The molecule has 0 radical (unpaired) electrons. The number of carbonyl (C=O) groups is 1. The molecule has 6 heteroatoms. The van der Waals surface area contributed by atoms with E-state index in [0.717, 1.165) is 11.5 Å². The van der Waals surface area contributed by atoms with Gasteiger partial charge in [-0.15, -0.1) is 0 Å². The molecule has 1 aromatic carbocycles. The molecule has 1 aliphatic rings. The topological polar surface area (TPSA) is 83.5 Å². The maximum absolute atomic E-state index is 11.4. The van der Waals surface area contributed by atoms with E-state index >= 15 is 0 Å². The number of rotatable bonds is 5. The van der Waals surface area contributed by atoms with Crippen molar-refractivity contribution in [2.24, 2.45) is 0 Å². The van der Waals surface area contributed by atoms with Gasteiger partial charge in [0, 0.05) is 18.1 Å². The molecule has 2 heterocycles. The molecule has 3 N–H and O–H groups in total. The summed E-state index contributed by atoms with van der Waals surface area (Å²) in [7, 11) is 0. The molecule has 0 saturated carbocycles. The second-order valence-electron chi connectivity index (χ2n) is 5.39. The van der Waals surface area contributed by atoms with Gasteiger partial charge in [-0.25, -0.2) is 9.78 Å². The van der Waals surface area contributed by atoms with Gasteiger partial charge in [0.2, 0.25) is 5.72 Å². The highest BCUT2D eigenvalue weighted by Gasteiger charge is 2.36. The Morgan fingerprint density at radius 3 is 2.71 bits per heavy atom. The van der Waals surface area contributed by atoms with Crippen molar-refractivity contribution in [2.45, 2.75) is 12.6 Å². The van der Waals surface area contributed by atoms with Gasteiger partial charge in [-0.3, -0.25) is 0 Å². The zero-order valence-corrected chi connectivity index (χ0v) is 13.1. The number of hydrogen-bond acceptors (Lipinski definition) is 5. The van der Waals surface area contributed by atoms with E-state index in [-0.39, 0.29) is 5.57 Å². The van der Waals surface area contributed by atoms with Crippen LogP contribution < -0.4 is 15.4 Å². The minimum atomic E-state index is -1.13. The first-order valence-electron chi connectivity index (χ1n) is 7.42. The zero-order valence-electron chi connectivity index (χ0n) is 13.1. The van der Waals surface area contributed by atoms with E-state index in [9.17, 15) is 9.90 Å². The Morgan fingerprint density at radius 2 is 2.04 bits per heavy atom. The van der Waals surface area contributed by atoms with Crippen LogP contribution in [0, 0.1) is 0 Å². The fourth-order valence-electron chi connectivity index (χ4n) is 2.37. The molecule has 0 amide bonds. The van der Waals surface area contributed by atoms with E-state index in [1.807, 2.05) is 30.3 Å². The smallest absolute Gasteiger partial charge is 0.337 e. The molecule has 122 valence electrons. The lowest BCUT2D eigenvalue weighted by Crippen LogP contribution is -2.50. The molecule has 0 spiro atoms. The minimum absolute atomic E-state index is 0.140. The number of dihydropyridines is 1. The Labute approximate surface area is 139 Å². The third-order valence-electron chi connectivity index (χ3n) is 3.58. The van der Waals surface area contributed by atoms with Crippen molar-refractivity contribution in [1.82, 2.24) is 10.3 Å². The minimum Gasteiger partial charge on any atom is -0.478 e. The highest BCUT2D eigenvalue weighted by molar-refractivity contribution is 5.89. The average Bonchev–Trinajstić information content (AvgIpc) is 2.57. The van der Waals surface area contributed by atoms with E-state index < -0.39 is 11.7 Å². The van der Waals surface area contributed by atoms with Crippen LogP contribution in [0.2, 0.25) is 0 Å². The van der Waals surface area contributed by atoms with Crippen molar-refractivity contribution in [3.63, 3.8) is 0 Å². The first-order chi connectivity index (χ1) is 11.6. The first-order valence-corrected chi connectivity index (χ1v) is 7.42. The highest BCUT2D eigenvalue weighted by atomic mass is 16.5. The Balaban J connectivity index is 1.73. The summed E-state index contributed by atoms with van der Waals surface area (Å²) in [5.41, 5.74) is -0.131. The summed E-state index contributed by atoms with van der Waals surface area (Å²) in [5.74, 6) is 0.273. The van der Waals surface area contributed by atoms with Crippen molar-refractivity contribution in [3.8, 4) is 5.75 Å². The number of anilines is 2. The van der Waals surface area contributed by atoms with Crippen LogP contribution in [-0.4, -0.2) is 21.8 Å². The van der Waals surface area contributed by atoms with Gasteiger partial charge in [0.05, 0.1) is 0 Å². The number of aliphatic carboxylic acids is 1. The summed E-state index contributed by atoms with van der Waals surface area (Å²) in [5, 5.41) is 15.4. The van der Waals surface area contributed by atoms with Crippen LogP contribution in [0.4, 0.5) is 11.5 Å². The molecule has 3 rings (SSSR count). The van der Waals surface area contributed by atoms with Crippen molar-refractivity contribution in [2.75, 3.05) is 5.32 Å². The standard InChI is InChI=1S/C18H17N3O3/c1-18(15(17(22)23)5-4-12-20-18)24-14-9-7-13(8-10-14)21-16-6-2-3-11-19-16/h2-12,20H,1H3,(H,19,21)(H,22,23). The molecule has 0 fully saturated rings. The average molecular weight is 323 g/mol. The molecule has 1 unspecified atom stereocenters. The van der Waals surface area contributed by atoms with Crippen LogP contribution in [0.3, 0.4) is 0 Å². The van der Waals surface area contributed by atoms with E-state index in [2.05, 4.69) is 15.6 Å². The normalized spacial score (nSPS) is 19.1. The van der Waals surface area contributed by atoms with Gasteiger partial charge in [0.1, 0.15) is 17.1 Å². The lowest BCUT2D eigenvalue weighted by molar-refractivity contribution is -0.134. The monoisotopic (exact) mass is 323 g/mol. The zero-order chi connectivity index (χ0) is 17.0. The molecule has 2 aromatic rings. The van der Waals surface area contributed by atoms with Gasteiger partial charge < -0.3 is 20.5 Å². The van der Waals surface area contributed by atoms with E-state index in [1.54, 1.807) is 37.5 Å². The van der Waals surface area contributed by atoms with Gasteiger partial charge in [0.25, 0.3) is 0 Å². The van der Waals surface area contributed by atoms with E-state index in [4.69, 9.17) is 4.74 Å². The molecular formula is C18H17N3O3. The molecule has 1 atom stereocenters. The number of pyridine rings is 1. The lowest BCUT2D eigenvalue weighted by Gasteiger charge is -2.33. The van der Waals surface area contributed by atoms with Crippen molar-refractivity contribution >= 4 is 17.5 Å². The second kappa shape index (κ2) is 6.45. The van der Waals surface area contributed by atoms with Crippen molar-refractivity contribution in [3.05, 3.63) is 72.6 Å². The van der Waals surface area contributed by atoms with Crippen molar-refractivity contribution < 1.29 is 14.6 Å². The highest BCUT2D eigenvalue weighted by Crippen LogP contribution is 2.27. The summed E-state index contributed by atoms with van der Waals surface area (Å²) in [6.07, 6.45) is 6.52. The van der Waals surface area contributed by atoms with Crippen LogP contribution in [0.1, 0.15) is 6.92 Å². The van der Waals surface area contributed by atoms with Gasteiger partial charge in [0.15, 0.2) is 0 Å². The van der Waals surface area contributed by atoms with Gasteiger partial charge >= 0.3 is 5.97 Å². The number of allylic oxidation sites excluding steroid dienone is 2. The summed E-state index contributed by atoms with van der Waals surface area (Å²) in [4.78, 5) is 15.6. The lowest BCUT2D eigenvalue weighted by atomic mass is 10.0. The summed E-state index contributed by atoms with van der Waals surface area (Å²) < 4.78 is 5.87. The molecule has 1 aliphatic heterocycles. The fourth-order valence-corrected chi connectivity index (χ4v) is 2.37. The Hall–Kier alpha value is -3.28. The number of nitrogens with one attached hydrogen (secondary N) is 2. The molecule has 0 saturated heterocycles. The van der Waals surface area contributed by atoms with Crippen LogP contribution in [0.5, 0.6) is 5.75 Å².